The first-order valence-corrected chi connectivity index (χ1v) is 6.43. The molecule has 1 amide bonds. The number of carbonyl (C=O) groups is 1. The fourth-order valence-corrected chi connectivity index (χ4v) is 2.39. The summed E-state index contributed by atoms with van der Waals surface area (Å²) in [5, 5.41) is 0. The lowest BCUT2D eigenvalue weighted by molar-refractivity contribution is 0.0757. The van der Waals surface area contributed by atoms with Gasteiger partial charge in [0.1, 0.15) is 0 Å². The van der Waals surface area contributed by atoms with Crippen molar-refractivity contribution in [3.05, 3.63) is 35.9 Å². The Balaban J connectivity index is 2.06. The maximum Gasteiger partial charge on any atom is 0.253 e. The van der Waals surface area contributed by atoms with E-state index < -0.39 is 0 Å². The molecule has 1 aliphatic heterocycles. The predicted molar refractivity (Wildman–Crippen MR) is 70.0 cm³/mol. The lowest BCUT2D eigenvalue weighted by atomic mass is 9.85. The summed E-state index contributed by atoms with van der Waals surface area (Å²) in [6.07, 6.45) is 3.43. The molecule has 1 aliphatic rings. The Labute approximate surface area is 104 Å². The van der Waals surface area contributed by atoms with E-state index in [1.165, 1.54) is 6.42 Å². The number of hydrogen-bond acceptors (Lipinski definition) is 1. The molecule has 0 aliphatic carbocycles. The molecule has 1 aromatic rings. The van der Waals surface area contributed by atoms with Crippen LogP contribution in [0.2, 0.25) is 0 Å². The van der Waals surface area contributed by atoms with Crippen LogP contribution in [0, 0.1) is 5.41 Å². The van der Waals surface area contributed by atoms with E-state index in [-0.39, 0.29) is 5.91 Å². The van der Waals surface area contributed by atoms with E-state index in [9.17, 15) is 4.79 Å². The van der Waals surface area contributed by atoms with Gasteiger partial charge in [0.25, 0.3) is 5.91 Å². The maximum atomic E-state index is 12.3. The highest BCUT2D eigenvalue weighted by Gasteiger charge is 2.25. The van der Waals surface area contributed by atoms with Crippen molar-refractivity contribution >= 4 is 5.91 Å². The zero-order valence-electron chi connectivity index (χ0n) is 10.8. The van der Waals surface area contributed by atoms with Gasteiger partial charge in [-0.2, -0.15) is 0 Å². The topological polar surface area (TPSA) is 20.3 Å². The van der Waals surface area contributed by atoms with E-state index in [1.54, 1.807) is 0 Å². The molecule has 0 aromatic heterocycles. The van der Waals surface area contributed by atoms with Crippen LogP contribution in [0.25, 0.3) is 0 Å². The van der Waals surface area contributed by atoms with E-state index in [4.69, 9.17) is 0 Å². The summed E-state index contributed by atoms with van der Waals surface area (Å²) in [6, 6.07) is 9.60. The molecular formula is C15H21NO. The highest BCUT2D eigenvalue weighted by Crippen LogP contribution is 2.30. The minimum atomic E-state index is 0.184. The van der Waals surface area contributed by atoms with Gasteiger partial charge in [-0.25, -0.2) is 0 Å². The van der Waals surface area contributed by atoms with Gasteiger partial charge in [0.2, 0.25) is 0 Å². The summed E-state index contributed by atoms with van der Waals surface area (Å²) in [5.41, 5.74) is 1.19. The third-order valence-electron chi connectivity index (χ3n) is 3.65. The number of hydrogen-bond donors (Lipinski definition) is 0. The quantitative estimate of drug-likeness (QED) is 0.726. The Morgan fingerprint density at radius 1 is 1.12 bits per heavy atom. The largest absolute Gasteiger partial charge is 0.339 e. The van der Waals surface area contributed by atoms with Gasteiger partial charge in [0.05, 0.1) is 0 Å². The molecule has 0 spiro atoms. The highest BCUT2D eigenvalue weighted by molar-refractivity contribution is 5.94. The zero-order valence-corrected chi connectivity index (χ0v) is 10.8. The van der Waals surface area contributed by atoms with Crippen LogP contribution < -0.4 is 0 Å². The van der Waals surface area contributed by atoms with Crippen LogP contribution in [0.15, 0.2) is 30.3 Å². The average Bonchev–Trinajstić information content (AvgIpc) is 2.50. The fourth-order valence-electron chi connectivity index (χ4n) is 2.39. The van der Waals surface area contributed by atoms with Crippen LogP contribution >= 0.6 is 0 Å². The van der Waals surface area contributed by atoms with Gasteiger partial charge >= 0.3 is 0 Å². The molecule has 0 N–H and O–H groups in total. The Kier molecular flexibility index (Phi) is 3.51. The van der Waals surface area contributed by atoms with Crippen LogP contribution in [0.1, 0.15) is 43.5 Å². The molecule has 2 rings (SSSR count). The van der Waals surface area contributed by atoms with Crippen LogP contribution in [-0.4, -0.2) is 23.9 Å². The van der Waals surface area contributed by atoms with Crippen molar-refractivity contribution in [3.8, 4) is 0 Å². The second-order valence-electron chi connectivity index (χ2n) is 5.68. The van der Waals surface area contributed by atoms with E-state index in [2.05, 4.69) is 13.8 Å². The smallest absolute Gasteiger partial charge is 0.253 e. The van der Waals surface area contributed by atoms with Gasteiger partial charge in [-0.1, -0.05) is 32.0 Å². The van der Waals surface area contributed by atoms with E-state index in [0.29, 0.717) is 5.41 Å². The number of likely N-dealkylation sites (tertiary alicyclic amines) is 1. The highest BCUT2D eigenvalue weighted by atomic mass is 16.2. The zero-order chi connectivity index (χ0) is 12.3. The summed E-state index contributed by atoms with van der Waals surface area (Å²) in [7, 11) is 0. The molecule has 17 heavy (non-hydrogen) atoms. The summed E-state index contributed by atoms with van der Waals surface area (Å²) in [6.45, 7) is 6.38. The van der Waals surface area contributed by atoms with Gasteiger partial charge in [-0.15, -0.1) is 0 Å². The molecule has 0 bridgehead atoms. The lowest BCUT2D eigenvalue weighted by Gasteiger charge is -2.23. The van der Waals surface area contributed by atoms with Crippen LogP contribution in [0.4, 0.5) is 0 Å². The molecule has 92 valence electrons. The Morgan fingerprint density at radius 3 is 2.53 bits per heavy atom. The molecule has 1 heterocycles. The van der Waals surface area contributed by atoms with Crippen molar-refractivity contribution in [2.75, 3.05) is 13.1 Å². The number of carbonyl (C=O) groups excluding carboxylic acids is 1. The average molecular weight is 231 g/mol. The molecule has 1 aromatic carbocycles. The van der Waals surface area contributed by atoms with Crippen LogP contribution in [0.3, 0.4) is 0 Å². The van der Waals surface area contributed by atoms with Crippen LogP contribution in [-0.2, 0) is 0 Å². The Morgan fingerprint density at radius 2 is 1.82 bits per heavy atom. The molecule has 2 heteroatoms. The maximum absolute atomic E-state index is 12.3. The minimum Gasteiger partial charge on any atom is -0.339 e. The SMILES string of the molecule is CC1(C)CCCN(C(=O)c2ccccc2)CC1. The Bertz CT molecular complexity index is 383. The third kappa shape index (κ3) is 3.09. The van der Waals surface area contributed by atoms with Crippen molar-refractivity contribution in [3.63, 3.8) is 0 Å². The first kappa shape index (κ1) is 12.2. The molecule has 1 saturated heterocycles. The standard InChI is InChI=1S/C15H21NO/c1-15(2)9-6-11-16(12-10-15)14(17)13-7-4-3-5-8-13/h3-5,7-8H,6,9-12H2,1-2H3. The molecular weight excluding hydrogens is 210 g/mol. The first-order chi connectivity index (χ1) is 8.08. The fraction of sp³-hybridized carbons (Fsp3) is 0.533. The predicted octanol–water partition coefficient (Wildman–Crippen LogP) is 3.34. The summed E-state index contributed by atoms with van der Waals surface area (Å²) in [5.74, 6) is 0.184. The molecule has 0 radical (unpaired) electrons. The molecule has 0 atom stereocenters. The van der Waals surface area contributed by atoms with Crippen LogP contribution in [0.5, 0.6) is 0 Å². The normalized spacial score (nSPS) is 19.8. The summed E-state index contributed by atoms with van der Waals surface area (Å²) < 4.78 is 0. The van der Waals surface area contributed by atoms with E-state index >= 15 is 0 Å². The van der Waals surface area contributed by atoms with Gasteiger partial charge in [0, 0.05) is 18.7 Å². The van der Waals surface area contributed by atoms with Crippen molar-refractivity contribution in [2.24, 2.45) is 5.41 Å². The molecule has 0 saturated carbocycles. The molecule has 2 nitrogen and oxygen atoms in total. The molecule has 0 unspecified atom stereocenters. The van der Waals surface area contributed by atoms with Gasteiger partial charge < -0.3 is 4.90 Å². The second kappa shape index (κ2) is 4.91. The number of benzene rings is 1. The molecule has 1 fully saturated rings. The number of rotatable bonds is 1. The summed E-state index contributed by atoms with van der Waals surface area (Å²) in [4.78, 5) is 14.3. The minimum absolute atomic E-state index is 0.184. The number of nitrogens with zero attached hydrogens (tertiary/aromatic N) is 1. The van der Waals surface area contributed by atoms with Gasteiger partial charge in [0.15, 0.2) is 0 Å². The van der Waals surface area contributed by atoms with Gasteiger partial charge in [-0.05, 0) is 36.8 Å². The lowest BCUT2D eigenvalue weighted by Crippen LogP contribution is -2.32. The van der Waals surface area contributed by atoms with Crippen molar-refractivity contribution in [2.45, 2.75) is 33.1 Å². The van der Waals surface area contributed by atoms with E-state index in [0.717, 1.165) is 31.5 Å². The number of amides is 1. The van der Waals surface area contributed by atoms with Crippen molar-refractivity contribution in [1.82, 2.24) is 4.90 Å². The second-order valence-corrected chi connectivity index (χ2v) is 5.68. The monoisotopic (exact) mass is 231 g/mol. The first-order valence-electron chi connectivity index (χ1n) is 6.43. The van der Waals surface area contributed by atoms with Crippen molar-refractivity contribution in [1.29, 1.82) is 0 Å². The summed E-state index contributed by atoms with van der Waals surface area (Å²) >= 11 is 0. The van der Waals surface area contributed by atoms with Crippen molar-refractivity contribution < 1.29 is 4.79 Å². The van der Waals surface area contributed by atoms with E-state index in [1.807, 2.05) is 35.2 Å². The van der Waals surface area contributed by atoms with Gasteiger partial charge in [-0.3, -0.25) is 4.79 Å². The Hall–Kier alpha value is -1.31. The third-order valence-corrected chi connectivity index (χ3v) is 3.65.